The fraction of sp³-hybridized carbons (Fsp3) is 0.529. The van der Waals surface area contributed by atoms with E-state index >= 15 is 0 Å². The molecule has 26 heavy (non-hydrogen) atoms. The van der Waals surface area contributed by atoms with E-state index in [-0.39, 0.29) is 29.4 Å². The number of hydrogen-bond donors (Lipinski definition) is 0. The lowest BCUT2D eigenvalue weighted by Crippen LogP contribution is -2.39. The van der Waals surface area contributed by atoms with Gasteiger partial charge in [0.15, 0.2) is 0 Å². The monoisotopic (exact) mass is 376 g/mol. The van der Waals surface area contributed by atoms with Gasteiger partial charge in [0.05, 0.1) is 11.5 Å². The molecule has 0 aliphatic carbocycles. The van der Waals surface area contributed by atoms with Crippen molar-refractivity contribution in [3.05, 3.63) is 30.3 Å². The van der Waals surface area contributed by atoms with E-state index in [2.05, 4.69) is 15.1 Å². The molecule has 0 bridgehead atoms. The first-order valence-electron chi connectivity index (χ1n) is 8.79. The van der Waals surface area contributed by atoms with Crippen LogP contribution < -0.4 is 0 Å². The molecular formula is C17H20N4O4S. The zero-order valence-corrected chi connectivity index (χ0v) is 15.1. The van der Waals surface area contributed by atoms with Crippen molar-refractivity contribution < 1.29 is 17.7 Å². The maximum Gasteiger partial charge on any atom is 0.249 e. The molecule has 2 aromatic rings. The van der Waals surface area contributed by atoms with Crippen LogP contribution in [-0.4, -0.2) is 52.4 Å². The molecule has 0 saturated carbocycles. The summed E-state index contributed by atoms with van der Waals surface area (Å²) in [6.07, 6.45) is 4.08. The van der Waals surface area contributed by atoms with E-state index in [4.69, 9.17) is 4.52 Å². The Kier molecular flexibility index (Phi) is 4.47. The van der Waals surface area contributed by atoms with Gasteiger partial charge in [-0.15, -0.1) is 0 Å². The fourth-order valence-corrected chi connectivity index (χ4v) is 5.12. The Morgan fingerprint density at radius 3 is 2.73 bits per heavy atom. The van der Waals surface area contributed by atoms with E-state index in [1.54, 1.807) is 17.2 Å². The van der Waals surface area contributed by atoms with Crippen molar-refractivity contribution in [3.63, 3.8) is 0 Å². The third-order valence-corrected chi connectivity index (χ3v) is 6.78. The Morgan fingerprint density at radius 1 is 1.19 bits per heavy atom. The second-order valence-electron chi connectivity index (χ2n) is 6.79. The average Bonchev–Trinajstić information content (AvgIpc) is 3.31. The predicted octanol–water partition coefficient (Wildman–Crippen LogP) is 1.62. The zero-order valence-electron chi connectivity index (χ0n) is 14.2. The van der Waals surface area contributed by atoms with Crippen LogP contribution in [0.4, 0.5) is 0 Å². The van der Waals surface area contributed by atoms with Gasteiger partial charge in [-0.05, 0) is 37.8 Å². The van der Waals surface area contributed by atoms with Gasteiger partial charge in [-0.2, -0.15) is 4.98 Å². The van der Waals surface area contributed by atoms with Gasteiger partial charge >= 0.3 is 0 Å². The summed E-state index contributed by atoms with van der Waals surface area (Å²) in [5.41, 5.74) is 0.621. The predicted molar refractivity (Wildman–Crippen MR) is 92.6 cm³/mol. The highest BCUT2D eigenvalue weighted by Gasteiger charge is 2.39. The summed E-state index contributed by atoms with van der Waals surface area (Å²) >= 11 is 0. The first-order valence-corrected chi connectivity index (χ1v) is 10.6. The number of carbonyl (C=O) groups excluding carboxylic acids is 1. The van der Waals surface area contributed by atoms with Gasteiger partial charge in [0.2, 0.25) is 17.6 Å². The second-order valence-corrected chi connectivity index (χ2v) is 9.09. The largest absolute Gasteiger partial charge is 0.337 e. The number of pyridine rings is 1. The van der Waals surface area contributed by atoms with E-state index in [0.717, 1.165) is 12.8 Å². The summed E-state index contributed by atoms with van der Waals surface area (Å²) in [5, 5.41) is 3.99. The molecule has 0 spiro atoms. The van der Waals surface area contributed by atoms with Crippen LogP contribution in [0.15, 0.2) is 28.9 Å². The van der Waals surface area contributed by atoms with Crippen molar-refractivity contribution in [3.8, 4) is 11.5 Å². The molecule has 2 aliphatic rings. The highest BCUT2D eigenvalue weighted by atomic mass is 32.2. The molecule has 2 saturated heterocycles. The Labute approximate surface area is 151 Å². The third-order valence-electron chi connectivity index (χ3n) is 5.06. The van der Waals surface area contributed by atoms with Crippen LogP contribution in [0.2, 0.25) is 0 Å². The summed E-state index contributed by atoms with van der Waals surface area (Å²) in [6, 6.07) is 5.22. The molecule has 2 fully saturated rings. The minimum atomic E-state index is -2.98. The van der Waals surface area contributed by atoms with Gasteiger partial charge in [0.1, 0.15) is 21.6 Å². The SMILES string of the molecule is O=C(C1CCS(=O)(=O)CC1)N1CCC[C@@H]1c1nc(-c2ccccn2)no1. The van der Waals surface area contributed by atoms with Gasteiger partial charge in [-0.1, -0.05) is 11.2 Å². The number of amides is 1. The lowest BCUT2D eigenvalue weighted by molar-refractivity contribution is -0.137. The quantitative estimate of drug-likeness (QED) is 0.801. The number of sulfone groups is 1. The Bertz CT molecular complexity index is 882. The number of carbonyl (C=O) groups is 1. The molecule has 0 unspecified atom stereocenters. The van der Waals surface area contributed by atoms with Crippen molar-refractivity contribution in [2.45, 2.75) is 31.7 Å². The second kappa shape index (κ2) is 6.79. The Hall–Kier alpha value is -2.29. The molecule has 2 aromatic heterocycles. The summed E-state index contributed by atoms with van der Waals surface area (Å²) < 4.78 is 28.6. The van der Waals surface area contributed by atoms with E-state index in [1.807, 2.05) is 12.1 Å². The lowest BCUT2D eigenvalue weighted by Gasteiger charge is -2.29. The molecule has 0 radical (unpaired) electrons. The molecule has 0 N–H and O–H groups in total. The first-order chi connectivity index (χ1) is 12.5. The molecule has 138 valence electrons. The van der Waals surface area contributed by atoms with Gasteiger partial charge in [-0.3, -0.25) is 9.78 Å². The topological polar surface area (TPSA) is 106 Å². The number of hydrogen-bond acceptors (Lipinski definition) is 7. The van der Waals surface area contributed by atoms with Crippen LogP contribution in [-0.2, 0) is 14.6 Å². The van der Waals surface area contributed by atoms with Crippen LogP contribution in [0.3, 0.4) is 0 Å². The molecule has 1 atom stereocenters. The first kappa shape index (κ1) is 17.1. The van der Waals surface area contributed by atoms with Crippen LogP contribution in [0.1, 0.15) is 37.6 Å². The van der Waals surface area contributed by atoms with Crippen molar-refractivity contribution >= 4 is 15.7 Å². The molecule has 9 heteroatoms. The Balaban J connectivity index is 1.50. The van der Waals surface area contributed by atoms with Crippen LogP contribution in [0.5, 0.6) is 0 Å². The standard InChI is InChI=1S/C17H20N4O4S/c22-17(12-6-10-26(23,24)11-7-12)21-9-3-5-14(21)16-19-15(20-25-16)13-4-1-2-8-18-13/h1-2,4,8,12,14H,3,5-7,9-11H2/t14-/m1/s1. The van der Waals surface area contributed by atoms with Crippen LogP contribution in [0, 0.1) is 5.92 Å². The highest BCUT2D eigenvalue weighted by Crippen LogP contribution is 2.34. The minimum absolute atomic E-state index is 0.0000129. The van der Waals surface area contributed by atoms with Crippen molar-refractivity contribution in [1.82, 2.24) is 20.0 Å². The van der Waals surface area contributed by atoms with Crippen LogP contribution in [0.25, 0.3) is 11.5 Å². The number of rotatable bonds is 3. The highest BCUT2D eigenvalue weighted by molar-refractivity contribution is 7.91. The molecule has 2 aliphatic heterocycles. The van der Waals surface area contributed by atoms with Gasteiger partial charge in [0.25, 0.3) is 0 Å². The van der Waals surface area contributed by atoms with E-state index < -0.39 is 9.84 Å². The van der Waals surface area contributed by atoms with Crippen molar-refractivity contribution in [2.75, 3.05) is 18.1 Å². The summed E-state index contributed by atoms with van der Waals surface area (Å²) in [4.78, 5) is 23.3. The number of aromatic nitrogens is 3. The average molecular weight is 376 g/mol. The molecule has 8 nitrogen and oxygen atoms in total. The molecule has 4 rings (SSSR count). The van der Waals surface area contributed by atoms with Gasteiger partial charge < -0.3 is 9.42 Å². The molecule has 4 heterocycles. The van der Waals surface area contributed by atoms with E-state index in [1.165, 1.54) is 0 Å². The summed E-state index contributed by atoms with van der Waals surface area (Å²) in [7, 11) is -2.98. The lowest BCUT2D eigenvalue weighted by atomic mass is 10.0. The third kappa shape index (κ3) is 3.35. The summed E-state index contributed by atoms with van der Waals surface area (Å²) in [5.74, 6) is 0.763. The van der Waals surface area contributed by atoms with Crippen LogP contribution >= 0.6 is 0 Å². The molecule has 0 aromatic carbocycles. The molecular weight excluding hydrogens is 356 g/mol. The van der Waals surface area contributed by atoms with Gasteiger partial charge in [0, 0.05) is 18.7 Å². The van der Waals surface area contributed by atoms with E-state index in [9.17, 15) is 13.2 Å². The van der Waals surface area contributed by atoms with Crippen molar-refractivity contribution in [2.24, 2.45) is 5.92 Å². The number of likely N-dealkylation sites (tertiary alicyclic amines) is 1. The fourth-order valence-electron chi connectivity index (χ4n) is 3.63. The van der Waals surface area contributed by atoms with Crippen molar-refractivity contribution in [1.29, 1.82) is 0 Å². The number of nitrogens with zero attached hydrogens (tertiary/aromatic N) is 4. The zero-order chi connectivity index (χ0) is 18.1. The maximum atomic E-state index is 12.9. The maximum absolute atomic E-state index is 12.9. The Morgan fingerprint density at radius 2 is 2.00 bits per heavy atom. The molecule has 1 amide bonds. The normalized spacial score (nSPS) is 23.2. The minimum Gasteiger partial charge on any atom is -0.337 e. The smallest absolute Gasteiger partial charge is 0.249 e. The van der Waals surface area contributed by atoms with E-state index in [0.29, 0.717) is 36.8 Å². The summed E-state index contributed by atoms with van der Waals surface area (Å²) in [6.45, 7) is 0.633. The van der Waals surface area contributed by atoms with Gasteiger partial charge in [-0.25, -0.2) is 8.42 Å².